The number of nitrogens with one attached hydrogen (secondary N) is 1. The Morgan fingerprint density at radius 1 is 1.35 bits per heavy atom. The third-order valence-electron chi connectivity index (χ3n) is 3.30. The van der Waals surface area contributed by atoms with Crippen LogP contribution in [0.1, 0.15) is 29.0 Å². The highest BCUT2D eigenvalue weighted by molar-refractivity contribution is 9.10. The lowest BCUT2D eigenvalue weighted by molar-refractivity contribution is 0.411. The van der Waals surface area contributed by atoms with Crippen LogP contribution < -0.4 is 10.1 Å². The Hall–Kier alpha value is -0.840. The maximum absolute atomic E-state index is 5.34. The summed E-state index contributed by atoms with van der Waals surface area (Å²) >= 11 is 5.32. The molecule has 2 nitrogen and oxygen atoms in total. The molecule has 0 radical (unpaired) electrons. The van der Waals surface area contributed by atoms with Crippen LogP contribution in [0.3, 0.4) is 0 Å². The highest BCUT2D eigenvalue weighted by Crippen LogP contribution is 2.28. The fourth-order valence-electron chi connectivity index (χ4n) is 2.33. The van der Waals surface area contributed by atoms with Crippen molar-refractivity contribution in [3.05, 3.63) is 50.1 Å². The number of likely N-dealkylation sites (N-methyl/N-ethyl adjacent to an activating group) is 1. The second kappa shape index (κ2) is 7.25. The van der Waals surface area contributed by atoms with Crippen molar-refractivity contribution in [3.8, 4) is 5.75 Å². The van der Waals surface area contributed by atoms with E-state index in [0.29, 0.717) is 6.04 Å². The zero-order valence-electron chi connectivity index (χ0n) is 12.1. The first-order chi connectivity index (χ1) is 9.63. The van der Waals surface area contributed by atoms with Crippen molar-refractivity contribution in [2.45, 2.75) is 26.3 Å². The Labute approximate surface area is 133 Å². The molecule has 0 spiro atoms. The average Bonchev–Trinajstić information content (AvgIpc) is 2.83. The largest absolute Gasteiger partial charge is 0.496 e. The van der Waals surface area contributed by atoms with Crippen LogP contribution in [0.4, 0.5) is 0 Å². The van der Waals surface area contributed by atoms with Gasteiger partial charge < -0.3 is 10.1 Å². The second-order valence-corrected chi connectivity index (χ2v) is 6.69. The van der Waals surface area contributed by atoms with E-state index in [2.05, 4.69) is 64.7 Å². The summed E-state index contributed by atoms with van der Waals surface area (Å²) in [5.74, 6) is 0.947. The van der Waals surface area contributed by atoms with Gasteiger partial charge in [0.2, 0.25) is 0 Å². The van der Waals surface area contributed by atoms with Gasteiger partial charge >= 0.3 is 0 Å². The molecule has 0 amide bonds. The SMILES string of the molecule is CCNC(Cc1cc(Br)cs1)c1ccc(OC)c(C)c1. The zero-order chi connectivity index (χ0) is 14.5. The Morgan fingerprint density at radius 3 is 2.70 bits per heavy atom. The number of halogens is 1. The van der Waals surface area contributed by atoms with E-state index in [1.165, 1.54) is 20.5 Å². The Bertz CT molecular complexity index is 567. The number of benzene rings is 1. The van der Waals surface area contributed by atoms with Crippen molar-refractivity contribution < 1.29 is 4.74 Å². The lowest BCUT2D eigenvalue weighted by Gasteiger charge is -2.19. The number of methoxy groups -OCH3 is 1. The van der Waals surface area contributed by atoms with Crippen LogP contribution in [0.15, 0.2) is 34.1 Å². The summed E-state index contributed by atoms with van der Waals surface area (Å²) < 4.78 is 6.50. The van der Waals surface area contributed by atoms with Crippen LogP contribution in [0.5, 0.6) is 5.75 Å². The minimum absolute atomic E-state index is 0.343. The molecule has 0 bridgehead atoms. The van der Waals surface area contributed by atoms with Crippen molar-refractivity contribution in [1.82, 2.24) is 5.32 Å². The summed E-state index contributed by atoms with van der Waals surface area (Å²) in [6, 6.07) is 8.97. The molecule has 20 heavy (non-hydrogen) atoms. The van der Waals surface area contributed by atoms with Gasteiger partial charge in [-0.15, -0.1) is 11.3 Å². The molecule has 2 rings (SSSR count). The van der Waals surface area contributed by atoms with Gasteiger partial charge in [-0.25, -0.2) is 0 Å². The van der Waals surface area contributed by atoms with Gasteiger partial charge in [-0.05, 0) is 52.7 Å². The van der Waals surface area contributed by atoms with E-state index in [-0.39, 0.29) is 0 Å². The predicted octanol–water partition coefficient (Wildman–Crippen LogP) is 4.72. The molecule has 1 aromatic carbocycles. The minimum Gasteiger partial charge on any atom is -0.496 e. The van der Waals surface area contributed by atoms with E-state index >= 15 is 0 Å². The first kappa shape index (κ1) is 15.5. The fourth-order valence-corrected chi connectivity index (χ4v) is 3.83. The summed E-state index contributed by atoms with van der Waals surface area (Å²) in [7, 11) is 1.72. The number of ether oxygens (including phenoxy) is 1. The van der Waals surface area contributed by atoms with Crippen LogP contribution >= 0.6 is 27.3 Å². The third kappa shape index (κ3) is 3.84. The maximum Gasteiger partial charge on any atom is 0.121 e. The van der Waals surface area contributed by atoms with Crippen LogP contribution in [-0.2, 0) is 6.42 Å². The van der Waals surface area contributed by atoms with E-state index in [1.807, 2.05) is 0 Å². The zero-order valence-corrected chi connectivity index (χ0v) is 14.5. The van der Waals surface area contributed by atoms with Gasteiger partial charge in [0.1, 0.15) is 5.75 Å². The van der Waals surface area contributed by atoms with Gasteiger partial charge in [-0.1, -0.05) is 19.1 Å². The highest BCUT2D eigenvalue weighted by atomic mass is 79.9. The number of hydrogen-bond donors (Lipinski definition) is 1. The van der Waals surface area contributed by atoms with E-state index < -0.39 is 0 Å². The monoisotopic (exact) mass is 353 g/mol. The molecule has 1 unspecified atom stereocenters. The van der Waals surface area contributed by atoms with Crippen LogP contribution in [0, 0.1) is 6.92 Å². The minimum atomic E-state index is 0.343. The first-order valence-electron chi connectivity index (χ1n) is 6.75. The molecular weight excluding hydrogens is 334 g/mol. The molecule has 1 heterocycles. The van der Waals surface area contributed by atoms with Crippen molar-refractivity contribution in [2.24, 2.45) is 0 Å². The van der Waals surface area contributed by atoms with Gasteiger partial charge in [-0.3, -0.25) is 0 Å². The molecule has 0 fully saturated rings. The summed E-state index contributed by atoms with van der Waals surface area (Å²) in [6.45, 7) is 5.20. The van der Waals surface area contributed by atoms with Crippen molar-refractivity contribution in [1.29, 1.82) is 0 Å². The van der Waals surface area contributed by atoms with Gasteiger partial charge in [-0.2, -0.15) is 0 Å². The third-order valence-corrected chi connectivity index (χ3v) is 5.02. The number of hydrogen-bond acceptors (Lipinski definition) is 3. The molecule has 1 N–H and O–H groups in total. The molecule has 0 aliphatic rings. The normalized spacial score (nSPS) is 12.4. The van der Waals surface area contributed by atoms with Gasteiger partial charge in [0.25, 0.3) is 0 Å². The fraction of sp³-hybridized carbons (Fsp3) is 0.375. The standard InChI is InChI=1S/C16H20BrNOS/c1-4-18-15(9-14-8-13(17)10-20-14)12-5-6-16(19-3)11(2)7-12/h5-8,10,15,18H,4,9H2,1-3H3. The first-order valence-corrected chi connectivity index (χ1v) is 8.42. The Balaban J connectivity index is 2.21. The van der Waals surface area contributed by atoms with Gasteiger partial charge in [0, 0.05) is 27.2 Å². The average molecular weight is 354 g/mol. The topological polar surface area (TPSA) is 21.3 Å². The molecular formula is C16H20BrNOS. The van der Waals surface area contributed by atoms with Crippen LogP contribution in [0.25, 0.3) is 0 Å². The molecule has 2 aromatic rings. The predicted molar refractivity (Wildman–Crippen MR) is 89.9 cm³/mol. The Kier molecular flexibility index (Phi) is 5.64. The summed E-state index contributed by atoms with van der Waals surface area (Å²) in [5.41, 5.74) is 2.50. The quantitative estimate of drug-likeness (QED) is 0.810. The molecule has 4 heteroatoms. The van der Waals surface area contributed by atoms with Crippen LogP contribution in [0.2, 0.25) is 0 Å². The summed E-state index contributed by atoms with van der Waals surface area (Å²) in [6.07, 6.45) is 1.01. The van der Waals surface area contributed by atoms with Crippen LogP contribution in [-0.4, -0.2) is 13.7 Å². The lowest BCUT2D eigenvalue weighted by atomic mass is 10.0. The van der Waals surface area contributed by atoms with E-state index in [4.69, 9.17) is 4.74 Å². The van der Waals surface area contributed by atoms with E-state index in [1.54, 1.807) is 18.4 Å². The lowest BCUT2D eigenvalue weighted by Crippen LogP contribution is -2.22. The summed E-state index contributed by atoms with van der Waals surface area (Å²) in [4.78, 5) is 1.39. The smallest absolute Gasteiger partial charge is 0.121 e. The van der Waals surface area contributed by atoms with Gasteiger partial charge in [0.05, 0.1) is 7.11 Å². The molecule has 1 atom stereocenters. The number of thiophene rings is 1. The van der Waals surface area contributed by atoms with E-state index in [9.17, 15) is 0 Å². The summed E-state index contributed by atoms with van der Waals surface area (Å²) in [5, 5.41) is 5.71. The number of aryl methyl sites for hydroxylation is 1. The van der Waals surface area contributed by atoms with Gasteiger partial charge in [0.15, 0.2) is 0 Å². The number of rotatable bonds is 6. The highest BCUT2D eigenvalue weighted by Gasteiger charge is 2.13. The molecule has 0 aliphatic carbocycles. The van der Waals surface area contributed by atoms with Crippen molar-refractivity contribution in [3.63, 3.8) is 0 Å². The second-order valence-electron chi connectivity index (χ2n) is 4.77. The molecule has 0 saturated carbocycles. The molecule has 0 aliphatic heterocycles. The molecule has 1 aromatic heterocycles. The maximum atomic E-state index is 5.34. The Morgan fingerprint density at radius 2 is 2.15 bits per heavy atom. The molecule has 0 saturated heterocycles. The van der Waals surface area contributed by atoms with Crippen molar-refractivity contribution in [2.75, 3.05) is 13.7 Å². The van der Waals surface area contributed by atoms with Crippen molar-refractivity contribution >= 4 is 27.3 Å². The van der Waals surface area contributed by atoms with E-state index in [0.717, 1.165) is 18.7 Å². The molecule has 108 valence electrons.